The van der Waals surface area contributed by atoms with Crippen LogP contribution < -0.4 is 4.72 Å². The van der Waals surface area contributed by atoms with Crippen LogP contribution in [0.1, 0.15) is 10.5 Å². The van der Waals surface area contributed by atoms with E-state index < -0.39 is 16.0 Å². The summed E-state index contributed by atoms with van der Waals surface area (Å²) in [6, 6.07) is 6.09. The van der Waals surface area contributed by atoms with Crippen molar-refractivity contribution in [3.8, 4) is 0 Å². The highest BCUT2D eigenvalue weighted by Gasteiger charge is 2.21. The van der Waals surface area contributed by atoms with Crippen molar-refractivity contribution >= 4 is 32.6 Å². The molecule has 24 heavy (non-hydrogen) atoms. The first-order valence-corrected chi connectivity index (χ1v) is 8.26. The van der Waals surface area contributed by atoms with Gasteiger partial charge in [0.1, 0.15) is 0 Å². The van der Waals surface area contributed by atoms with Crippen LogP contribution in [0.3, 0.4) is 0 Å². The van der Waals surface area contributed by atoms with Gasteiger partial charge in [0.05, 0.1) is 18.2 Å². The number of benzene rings is 1. The first-order chi connectivity index (χ1) is 11.5. The summed E-state index contributed by atoms with van der Waals surface area (Å²) in [6.45, 7) is 0. The van der Waals surface area contributed by atoms with Gasteiger partial charge in [0, 0.05) is 29.4 Å². The first-order valence-electron chi connectivity index (χ1n) is 6.78. The molecule has 0 unspecified atom stereocenters. The first kappa shape index (κ1) is 15.8. The highest BCUT2D eigenvalue weighted by molar-refractivity contribution is 7.93. The van der Waals surface area contributed by atoms with Crippen molar-refractivity contribution < 1.29 is 17.9 Å². The minimum absolute atomic E-state index is 0.00166. The van der Waals surface area contributed by atoms with Crippen molar-refractivity contribution in [1.82, 2.24) is 15.0 Å². The second-order valence-electron chi connectivity index (χ2n) is 4.70. The molecule has 0 radical (unpaired) electrons. The van der Waals surface area contributed by atoms with Gasteiger partial charge in [0.15, 0.2) is 11.5 Å². The van der Waals surface area contributed by atoms with E-state index in [0.29, 0.717) is 10.8 Å². The number of rotatable bonds is 4. The zero-order valence-electron chi connectivity index (χ0n) is 12.5. The number of anilines is 1. The van der Waals surface area contributed by atoms with Gasteiger partial charge in [-0.2, -0.15) is 0 Å². The second kappa shape index (κ2) is 6.20. The molecule has 2 heterocycles. The molecule has 9 heteroatoms. The van der Waals surface area contributed by atoms with Crippen molar-refractivity contribution in [2.75, 3.05) is 11.8 Å². The smallest absolute Gasteiger partial charge is 0.357 e. The summed E-state index contributed by atoms with van der Waals surface area (Å²) in [4.78, 5) is 23.5. The zero-order valence-corrected chi connectivity index (χ0v) is 13.3. The molecule has 3 aromatic rings. The molecule has 0 bridgehead atoms. The van der Waals surface area contributed by atoms with Gasteiger partial charge < -0.3 is 4.74 Å². The van der Waals surface area contributed by atoms with E-state index in [2.05, 4.69) is 24.4 Å². The Balaban J connectivity index is 2.15. The number of sulfonamides is 1. The van der Waals surface area contributed by atoms with Crippen molar-refractivity contribution in [3.05, 3.63) is 54.7 Å². The lowest BCUT2D eigenvalue weighted by Gasteiger charge is -2.11. The number of aromatic nitrogens is 3. The Morgan fingerprint density at radius 2 is 1.92 bits per heavy atom. The van der Waals surface area contributed by atoms with Crippen molar-refractivity contribution in [3.63, 3.8) is 0 Å². The van der Waals surface area contributed by atoms with E-state index in [9.17, 15) is 13.2 Å². The summed E-state index contributed by atoms with van der Waals surface area (Å²) in [7, 11) is -2.69. The van der Waals surface area contributed by atoms with Crippen LogP contribution in [0.5, 0.6) is 0 Å². The average molecular weight is 344 g/mol. The molecule has 3 rings (SSSR count). The Morgan fingerprint density at radius 1 is 1.08 bits per heavy atom. The molecule has 0 fully saturated rings. The summed E-state index contributed by atoms with van der Waals surface area (Å²) in [6.07, 6.45) is 5.46. The van der Waals surface area contributed by atoms with Crippen LogP contribution in [0.15, 0.2) is 53.9 Å². The van der Waals surface area contributed by atoms with Gasteiger partial charge in [-0.15, -0.1) is 0 Å². The lowest BCUT2D eigenvalue weighted by molar-refractivity contribution is 0.0596. The number of carbonyl (C=O) groups excluding carboxylic acids is 1. The molecule has 0 aliphatic heterocycles. The van der Waals surface area contributed by atoms with Crippen molar-refractivity contribution in [1.29, 1.82) is 0 Å². The van der Waals surface area contributed by atoms with E-state index in [0.717, 1.165) is 0 Å². The number of hydrogen-bond acceptors (Lipinski definition) is 7. The number of hydrogen-bond donors (Lipinski definition) is 1. The van der Waals surface area contributed by atoms with Crippen molar-refractivity contribution in [2.24, 2.45) is 0 Å². The largest absolute Gasteiger partial charge is 0.464 e. The summed E-state index contributed by atoms with van der Waals surface area (Å²) in [5, 5.41) is 0.732. The fraction of sp³-hybridized carbons (Fsp3) is 0.0667. The minimum Gasteiger partial charge on any atom is -0.464 e. The fourth-order valence-electron chi connectivity index (χ4n) is 2.22. The molecule has 0 spiro atoms. The third-order valence-electron chi connectivity index (χ3n) is 3.24. The number of nitrogens with one attached hydrogen (secondary N) is 1. The molecule has 0 aliphatic rings. The van der Waals surface area contributed by atoms with Crippen LogP contribution in [0, 0.1) is 0 Å². The predicted octanol–water partition coefficient (Wildman–Crippen LogP) is 1.61. The van der Waals surface area contributed by atoms with Crippen LogP contribution in [0.4, 0.5) is 5.82 Å². The van der Waals surface area contributed by atoms with E-state index in [1.807, 2.05) is 0 Å². The molecule has 1 aromatic carbocycles. The van der Waals surface area contributed by atoms with E-state index in [1.54, 1.807) is 6.07 Å². The maximum Gasteiger partial charge on any atom is 0.357 e. The Bertz CT molecular complexity index is 1010. The fourth-order valence-corrected chi connectivity index (χ4v) is 3.43. The maximum atomic E-state index is 12.7. The molecule has 0 amide bonds. The summed E-state index contributed by atoms with van der Waals surface area (Å²) in [5.41, 5.74) is 0.0477. The van der Waals surface area contributed by atoms with Gasteiger partial charge in [0.2, 0.25) is 0 Å². The van der Waals surface area contributed by atoms with Gasteiger partial charge in [-0.1, -0.05) is 12.1 Å². The zero-order chi connectivity index (χ0) is 17.2. The number of fused-ring (bicyclic) bond motifs is 1. The average Bonchev–Trinajstić information content (AvgIpc) is 2.60. The van der Waals surface area contributed by atoms with Crippen molar-refractivity contribution in [2.45, 2.75) is 4.90 Å². The molecule has 0 atom stereocenters. The molecule has 1 N–H and O–H groups in total. The van der Waals surface area contributed by atoms with Crippen LogP contribution in [0.25, 0.3) is 10.8 Å². The molecule has 8 nitrogen and oxygen atoms in total. The SMILES string of the molecule is COC(=O)c1nccc2c(S(=O)(=O)Nc3cnccn3)cccc12. The highest BCUT2D eigenvalue weighted by Crippen LogP contribution is 2.26. The lowest BCUT2D eigenvalue weighted by Crippen LogP contribution is -2.15. The van der Waals surface area contributed by atoms with Gasteiger partial charge in [0.25, 0.3) is 10.0 Å². The number of methoxy groups -OCH3 is 1. The number of ether oxygens (including phenoxy) is 1. The molecule has 2 aromatic heterocycles. The highest BCUT2D eigenvalue weighted by atomic mass is 32.2. The Labute approximate surface area is 137 Å². The normalized spacial score (nSPS) is 11.2. The monoisotopic (exact) mass is 344 g/mol. The molecule has 0 saturated heterocycles. The minimum atomic E-state index is -3.92. The van der Waals surface area contributed by atoms with Crippen LogP contribution >= 0.6 is 0 Å². The number of pyridine rings is 1. The van der Waals surface area contributed by atoms with E-state index >= 15 is 0 Å². The van der Waals surface area contributed by atoms with Gasteiger partial charge in [-0.05, 0) is 12.1 Å². The molecule has 0 saturated carbocycles. The standard InChI is InChI=1S/C15H12N4O4S/c1-23-15(20)14-11-3-2-4-12(10(11)5-6-18-14)24(21,22)19-13-9-16-7-8-17-13/h2-9H,1H3,(H,17,19). The molecular formula is C15H12N4O4S. The topological polar surface area (TPSA) is 111 Å². The molecular weight excluding hydrogens is 332 g/mol. The van der Waals surface area contributed by atoms with Gasteiger partial charge in [-0.3, -0.25) is 9.71 Å². The van der Waals surface area contributed by atoms with Crippen LogP contribution in [0.2, 0.25) is 0 Å². The van der Waals surface area contributed by atoms with Gasteiger partial charge in [-0.25, -0.2) is 23.2 Å². The third-order valence-corrected chi connectivity index (χ3v) is 4.65. The Kier molecular flexibility index (Phi) is 4.09. The van der Waals surface area contributed by atoms with E-state index in [-0.39, 0.29) is 16.4 Å². The summed E-state index contributed by atoms with van der Waals surface area (Å²) >= 11 is 0. The van der Waals surface area contributed by atoms with Crippen LogP contribution in [-0.4, -0.2) is 36.4 Å². The lowest BCUT2D eigenvalue weighted by atomic mass is 10.1. The summed E-state index contributed by atoms with van der Waals surface area (Å²) in [5.74, 6) is -0.547. The Hall–Kier alpha value is -3.07. The van der Waals surface area contributed by atoms with Gasteiger partial charge >= 0.3 is 5.97 Å². The van der Waals surface area contributed by atoms with Crippen LogP contribution in [-0.2, 0) is 14.8 Å². The maximum absolute atomic E-state index is 12.7. The second-order valence-corrected chi connectivity index (χ2v) is 6.35. The number of carbonyl (C=O) groups is 1. The quantitative estimate of drug-likeness (QED) is 0.716. The number of esters is 1. The van der Waals surface area contributed by atoms with E-state index in [4.69, 9.17) is 0 Å². The summed E-state index contributed by atoms with van der Waals surface area (Å²) < 4.78 is 32.3. The number of nitrogens with zero attached hydrogens (tertiary/aromatic N) is 3. The molecule has 0 aliphatic carbocycles. The predicted molar refractivity (Wildman–Crippen MR) is 85.9 cm³/mol. The Morgan fingerprint density at radius 3 is 2.62 bits per heavy atom. The van der Waals surface area contributed by atoms with E-state index in [1.165, 1.54) is 50.1 Å². The third kappa shape index (κ3) is 2.88. The molecule has 122 valence electrons.